The average molecular weight is 210 g/mol. The van der Waals surface area contributed by atoms with Gasteiger partial charge in [0.2, 0.25) is 0 Å². The summed E-state index contributed by atoms with van der Waals surface area (Å²) in [5.74, 6) is 0. The van der Waals surface area contributed by atoms with E-state index in [9.17, 15) is 0 Å². The SMILES string of the molecule is CC.CC.CC.c1ccc(C2CO2)cc1. The lowest BCUT2D eigenvalue weighted by Crippen LogP contribution is -1.75. The van der Waals surface area contributed by atoms with Crippen molar-refractivity contribution in [1.29, 1.82) is 0 Å². The Hall–Kier alpha value is -0.820. The number of epoxide rings is 1. The Balaban J connectivity index is 0. The van der Waals surface area contributed by atoms with E-state index in [4.69, 9.17) is 4.74 Å². The summed E-state index contributed by atoms with van der Waals surface area (Å²) >= 11 is 0. The smallest absolute Gasteiger partial charge is 0.106 e. The van der Waals surface area contributed by atoms with Gasteiger partial charge >= 0.3 is 0 Å². The van der Waals surface area contributed by atoms with Crippen molar-refractivity contribution in [1.82, 2.24) is 0 Å². The van der Waals surface area contributed by atoms with Gasteiger partial charge in [0, 0.05) is 0 Å². The fourth-order valence-electron chi connectivity index (χ4n) is 0.908. The van der Waals surface area contributed by atoms with Gasteiger partial charge in [0.05, 0.1) is 6.61 Å². The topological polar surface area (TPSA) is 12.5 Å². The molecule has 1 aliphatic rings. The van der Waals surface area contributed by atoms with Gasteiger partial charge in [-0.05, 0) is 5.56 Å². The summed E-state index contributed by atoms with van der Waals surface area (Å²) in [6.45, 7) is 12.9. The van der Waals surface area contributed by atoms with Crippen molar-refractivity contribution in [2.45, 2.75) is 47.6 Å². The summed E-state index contributed by atoms with van der Waals surface area (Å²) in [6, 6.07) is 10.3. The molecule has 88 valence electrons. The normalized spacial score (nSPS) is 15.5. The second kappa shape index (κ2) is 13.2. The van der Waals surface area contributed by atoms with Gasteiger partial charge in [0.25, 0.3) is 0 Å². The zero-order valence-electron chi connectivity index (χ0n) is 11.1. The van der Waals surface area contributed by atoms with Crippen LogP contribution in [0.3, 0.4) is 0 Å². The van der Waals surface area contributed by atoms with Crippen LogP contribution in [-0.2, 0) is 4.74 Å². The van der Waals surface area contributed by atoms with Gasteiger partial charge in [-0.1, -0.05) is 71.9 Å². The second-order valence-corrected chi connectivity index (χ2v) is 2.23. The van der Waals surface area contributed by atoms with E-state index in [0.717, 1.165) is 6.61 Å². The molecule has 0 bridgehead atoms. The monoisotopic (exact) mass is 210 g/mol. The first-order chi connectivity index (χ1) is 7.47. The van der Waals surface area contributed by atoms with E-state index in [1.165, 1.54) is 5.56 Å². The Bertz CT molecular complexity index is 190. The molecular weight excluding hydrogens is 184 g/mol. The molecule has 1 aromatic rings. The molecule has 15 heavy (non-hydrogen) atoms. The predicted octanol–water partition coefficient (Wildman–Crippen LogP) is 4.84. The Morgan fingerprint density at radius 1 is 0.867 bits per heavy atom. The van der Waals surface area contributed by atoms with E-state index in [-0.39, 0.29) is 0 Å². The quantitative estimate of drug-likeness (QED) is 0.604. The zero-order chi connectivity index (χ0) is 12.1. The van der Waals surface area contributed by atoms with Crippen LogP contribution in [0.2, 0.25) is 0 Å². The minimum Gasteiger partial charge on any atom is -0.368 e. The minimum absolute atomic E-state index is 0.409. The van der Waals surface area contributed by atoms with Crippen LogP contribution in [0.4, 0.5) is 0 Å². The number of benzene rings is 1. The summed E-state index contributed by atoms with van der Waals surface area (Å²) in [4.78, 5) is 0. The molecule has 0 saturated carbocycles. The number of hydrogen-bond acceptors (Lipinski definition) is 1. The van der Waals surface area contributed by atoms with Gasteiger partial charge < -0.3 is 4.74 Å². The van der Waals surface area contributed by atoms with E-state index in [1.807, 2.05) is 59.7 Å². The second-order valence-electron chi connectivity index (χ2n) is 2.23. The Morgan fingerprint density at radius 2 is 1.27 bits per heavy atom. The van der Waals surface area contributed by atoms with Gasteiger partial charge in [-0.3, -0.25) is 0 Å². The van der Waals surface area contributed by atoms with Gasteiger partial charge in [-0.15, -0.1) is 0 Å². The fourth-order valence-corrected chi connectivity index (χ4v) is 0.908. The molecule has 1 unspecified atom stereocenters. The largest absolute Gasteiger partial charge is 0.368 e. The Kier molecular flexibility index (Phi) is 14.6. The summed E-state index contributed by atoms with van der Waals surface area (Å²) in [5, 5.41) is 0. The number of hydrogen-bond donors (Lipinski definition) is 0. The van der Waals surface area contributed by atoms with E-state index >= 15 is 0 Å². The lowest BCUT2D eigenvalue weighted by molar-refractivity contribution is 0.415. The van der Waals surface area contributed by atoms with Gasteiger partial charge in [0.1, 0.15) is 6.10 Å². The van der Waals surface area contributed by atoms with Crippen molar-refractivity contribution >= 4 is 0 Å². The van der Waals surface area contributed by atoms with E-state index < -0.39 is 0 Å². The Morgan fingerprint density at radius 3 is 1.60 bits per heavy atom. The van der Waals surface area contributed by atoms with Crippen molar-refractivity contribution in [3.8, 4) is 0 Å². The standard InChI is InChI=1S/C8H8O.3C2H6/c1-2-4-7(5-3-1)8-6-9-8;3*1-2/h1-5,8H,6H2;3*1-2H3. The van der Waals surface area contributed by atoms with Crippen LogP contribution in [0.15, 0.2) is 30.3 Å². The van der Waals surface area contributed by atoms with Crippen molar-refractivity contribution < 1.29 is 4.74 Å². The first-order valence-electron chi connectivity index (χ1n) is 6.13. The molecule has 0 aromatic heterocycles. The number of ether oxygens (including phenoxy) is 1. The maximum atomic E-state index is 5.09. The van der Waals surface area contributed by atoms with Crippen LogP contribution in [0, 0.1) is 0 Å². The molecular formula is C14H26O. The molecule has 1 aromatic carbocycles. The van der Waals surface area contributed by atoms with Crippen molar-refractivity contribution in [2.75, 3.05) is 6.61 Å². The molecule has 1 saturated heterocycles. The lowest BCUT2D eigenvalue weighted by atomic mass is 10.2. The third-order valence-electron chi connectivity index (χ3n) is 1.50. The summed E-state index contributed by atoms with van der Waals surface area (Å²) < 4.78 is 5.09. The van der Waals surface area contributed by atoms with Crippen LogP contribution in [-0.4, -0.2) is 6.61 Å². The summed E-state index contributed by atoms with van der Waals surface area (Å²) in [7, 11) is 0. The molecule has 0 amide bonds. The molecule has 1 atom stereocenters. The molecule has 1 fully saturated rings. The molecule has 0 radical (unpaired) electrons. The highest BCUT2D eigenvalue weighted by Gasteiger charge is 2.23. The van der Waals surface area contributed by atoms with Crippen LogP contribution in [0.5, 0.6) is 0 Å². The van der Waals surface area contributed by atoms with Crippen molar-refractivity contribution in [3.63, 3.8) is 0 Å². The fraction of sp³-hybridized carbons (Fsp3) is 0.571. The molecule has 2 rings (SSSR count). The highest BCUT2D eigenvalue weighted by Crippen LogP contribution is 2.28. The molecule has 1 aliphatic heterocycles. The van der Waals surface area contributed by atoms with E-state index in [1.54, 1.807) is 0 Å². The first-order valence-corrected chi connectivity index (χ1v) is 6.13. The maximum absolute atomic E-state index is 5.09. The number of rotatable bonds is 1. The van der Waals surface area contributed by atoms with Crippen molar-refractivity contribution in [2.24, 2.45) is 0 Å². The van der Waals surface area contributed by atoms with Crippen LogP contribution in [0.25, 0.3) is 0 Å². The third-order valence-corrected chi connectivity index (χ3v) is 1.50. The zero-order valence-corrected chi connectivity index (χ0v) is 11.1. The lowest BCUT2D eigenvalue weighted by Gasteiger charge is -1.89. The minimum atomic E-state index is 0.409. The summed E-state index contributed by atoms with van der Waals surface area (Å²) in [6.07, 6.45) is 0.409. The molecule has 0 aliphatic carbocycles. The van der Waals surface area contributed by atoms with E-state index in [2.05, 4.69) is 12.1 Å². The molecule has 1 heteroatoms. The van der Waals surface area contributed by atoms with Gasteiger partial charge in [0.15, 0.2) is 0 Å². The first kappa shape index (κ1) is 16.6. The molecule has 1 heterocycles. The van der Waals surface area contributed by atoms with Crippen LogP contribution < -0.4 is 0 Å². The predicted molar refractivity (Wildman–Crippen MR) is 69.2 cm³/mol. The van der Waals surface area contributed by atoms with Crippen LogP contribution in [0.1, 0.15) is 53.2 Å². The van der Waals surface area contributed by atoms with Gasteiger partial charge in [-0.25, -0.2) is 0 Å². The van der Waals surface area contributed by atoms with Gasteiger partial charge in [-0.2, -0.15) is 0 Å². The van der Waals surface area contributed by atoms with E-state index in [0.29, 0.717) is 6.10 Å². The molecule has 0 spiro atoms. The van der Waals surface area contributed by atoms with Crippen molar-refractivity contribution in [3.05, 3.63) is 35.9 Å². The summed E-state index contributed by atoms with van der Waals surface area (Å²) in [5.41, 5.74) is 1.30. The molecule has 1 nitrogen and oxygen atoms in total. The Labute approximate surface area is 95.5 Å². The highest BCUT2D eigenvalue weighted by molar-refractivity contribution is 5.19. The molecule has 0 N–H and O–H groups in total. The third kappa shape index (κ3) is 8.19. The van der Waals surface area contributed by atoms with Crippen LogP contribution >= 0.6 is 0 Å². The maximum Gasteiger partial charge on any atom is 0.106 e. The average Bonchev–Trinajstić information content (AvgIpc) is 3.22. The highest BCUT2D eigenvalue weighted by atomic mass is 16.6.